The monoisotopic (exact) mass is 286 g/mol. The first-order valence-corrected chi connectivity index (χ1v) is 6.25. The van der Waals surface area contributed by atoms with Crippen molar-refractivity contribution in [1.82, 2.24) is 0 Å². The van der Waals surface area contributed by atoms with Crippen molar-refractivity contribution in [2.45, 2.75) is 0 Å². The highest BCUT2D eigenvalue weighted by atomic mass is 16.6. The number of carbonyl (C=O) groups is 2. The summed E-state index contributed by atoms with van der Waals surface area (Å²) in [5.74, 6) is -1.54. The molecule has 0 bridgehead atoms. The van der Waals surface area contributed by atoms with Crippen LogP contribution in [-0.4, -0.2) is 30.8 Å². The van der Waals surface area contributed by atoms with Crippen LogP contribution >= 0.6 is 0 Å². The van der Waals surface area contributed by atoms with Crippen LogP contribution in [-0.2, 0) is 9.53 Å². The fraction of sp³-hybridized carbons (Fsp3) is 0.125. The van der Waals surface area contributed by atoms with E-state index in [-0.39, 0.29) is 17.9 Å². The molecular formula is C16H14O5. The molecule has 0 aliphatic carbocycles. The summed E-state index contributed by atoms with van der Waals surface area (Å²) in [6, 6.07) is 14.0. The number of ether oxygens (including phenoxy) is 2. The van der Waals surface area contributed by atoms with Gasteiger partial charge in [-0.2, -0.15) is 0 Å². The molecule has 0 fully saturated rings. The summed E-state index contributed by atoms with van der Waals surface area (Å²) in [5.41, 5.74) is 1.42. The topological polar surface area (TPSA) is 72.8 Å². The lowest BCUT2D eigenvalue weighted by Crippen LogP contribution is -2.15. The summed E-state index contributed by atoms with van der Waals surface area (Å²) >= 11 is 0. The Kier molecular flexibility index (Phi) is 4.56. The van der Waals surface area contributed by atoms with E-state index in [0.29, 0.717) is 5.56 Å². The van der Waals surface area contributed by atoms with Crippen LogP contribution in [0.3, 0.4) is 0 Å². The Morgan fingerprint density at radius 3 is 2.38 bits per heavy atom. The molecule has 1 N–H and O–H groups in total. The SMILES string of the molecule is COC(=O)COc1c(C(=O)O)cccc1-c1ccccc1. The highest BCUT2D eigenvalue weighted by molar-refractivity contribution is 5.94. The van der Waals surface area contributed by atoms with Gasteiger partial charge in [-0.1, -0.05) is 42.5 Å². The zero-order chi connectivity index (χ0) is 15.2. The second-order valence-electron chi connectivity index (χ2n) is 4.22. The number of carbonyl (C=O) groups excluding carboxylic acids is 1. The fourth-order valence-corrected chi connectivity index (χ4v) is 1.90. The van der Waals surface area contributed by atoms with Crippen LogP contribution in [0.25, 0.3) is 11.1 Å². The molecule has 21 heavy (non-hydrogen) atoms. The second-order valence-corrected chi connectivity index (χ2v) is 4.22. The number of hydrogen-bond acceptors (Lipinski definition) is 4. The smallest absolute Gasteiger partial charge is 0.343 e. The van der Waals surface area contributed by atoms with E-state index >= 15 is 0 Å². The van der Waals surface area contributed by atoms with E-state index in [2.05, 4.69) is 4.74 Å². The van der Waals surface area contributed by atoms with Gasteiger partial charge in [-0.15, -0.1) is 0 Å². The number of hydrogen-bond donors (Lipinski definition) is 1. The molecule has 0 radical (unpaired) electrons. The first-order chi connectivity index (χ1) is 10.1. The van der Waals surface area contributed by atoms with E-state index in [9.17, 15) is 14.7 Å². The molecule has 0 spiro atoms. The number of carboxylic acid groups (broad SMARTS) is 1. The van der Waals surface area contributed by atoms with E-state index in [1.165, 1.54) is 13.2 Å². The van der Waals surface area contributed by atoms with Gasteiger partial charge in [-0.3, -0.25) is 0 Å². The maximum atomic E-state index is 11.3. The zero-order valence-corrected chi connectivity index (χ0v) is 11.4. The van der Waals surface area contributed by atoms with Crippen LogP contribution in [0.4, 0.5) is 0 Å². The van der Waals surface area contributed by atoms with Crippen molar-refractivity contribution in [1.29, 1.82) is 0 Å². The average Bonchev–Trinajstić information content (AvgIpc) is 2.52. The number of methoxy groups -OCH3 is 1. The van der Waals surface area contributed by atoms with Gasteiger partial charge in [0, 0.05) is 5.56 Å². The van der Waals surface area contributed by atoms with Gasteiger partial charge in [-0.05, 0) is 11.6 Å². The van der Waals surface area contributed by atoms with E-state index in [1.807, 2.05) is 30.3 Å². The highest BCUT2D eigenvalue weighted by Crippen LogP contribution is 2.33. The molecule has 5 nitrogen and oxygen atoms in total. The summed E-state index contributed by atoms with van der Waals surface area (Å²) in [5, 5.41) is 9.26. The largest absolute Gasteiger partial charge is 0.480 e. The fourth-order valence-electron chi connectivity index (χ4n) is 1.90. The van der Waals surface area contributed by atoms with Crippen molar-refractivity contribution in [3.63, 3.8) is 0 Å². The van der Waals surface area contributed by atoms with Gasteiger partial charge in [0.05, 0.1) is 7.11 Å². The number of benzene rings is 2. The molecule has 0 saturated heterocycles. The van der Waals surface area contributed by atoms with Crippen molar-refractivity contribution in [2.24, 2.45) is 0 Å². The molecule has 0 unspecified atom stereocenters. The highest BCUT2D eigenvalue weighted by Gasteiger charge is 2.17. The maximum Gasteiger partial charge on any atom is 0.343 e. The van der Waals surface area contributed by atoms with E-state index in [0.717, 1.165) is 5.56 Å². The van der Waals surface area contributed by atoms with Gasteiger partial charge in [0.2, 0.25) is 0 Å². The van der Waals surface area contributed by atoms with Crippen molar-refractivity contribution in [3.8, 4) is 16.9 Å². The number of carboxylic acids is 1. The molecule has 0 saturated carbocycles. The Bertz CT molecular complexity index is 649. The van der Waals surface area contributed by atoms with E-state index in [1.54, 1.807) is 12.1 Å². The third kappa shape index (κ3) is 3.39. The van der Waals surface area contributed by atoms with E-state index < -0.39 is 11.9 Å². The third-order valence-electron chi connectivity index (χ3n) is 2.89. The minimum absolute atomic E-state index is 0.000237. The Balaban J connectivity index is 2.47. The van der Waals surface area contributed by atoms with Gasteiger partial charge in [0.25, 0.3) is 0 Å². The predicted octanol–water partition coefficient (Wildman–Crippen LogP) is 2.60. The summed E-state index contributed by atoms with van der Waals surface area (Å²) in [4.78, 5) is 22.5. The van der Waals surface area contributed by atoms with Crippen LogP contribution < -0.4 is 4.74 Å². The van der Waals surface area contributed by atoms with Gasteiger partial charge >= 0.3 is 11.9 Å². The number of esters is 1. The third-order valence-corrected chi connectivity index (χ3v) is 2.89. The Morgan fingerprint density at radius 2 is 1.76 bits per heavy atom. The minimum atomic E-state index is -1.12. The van der Waals surface area contributed by atoms with Gasteiger partial charge in [-0.25, -0.2) is 9.59 Å². The van der Waals surface area contributed by atoms with E-state index in [4.69, 9.17) is 4.74 Å². The molecule has 0 aliphatic heterocycles. The summed E-state index contributed by atoms with van der Waals surface area (Å²) < 4.78 is 9.89. The molecule has 2 aromatic rings. The molecule has 2 aromatic carbocycles. The predicted molar refractivity (Wildman–Crippen MR) is 76.3 cm³/mol. The Morgan fingerprint density at radius 1 is 1.05 bits per heavy atom. The van der Waals surface area contributed by atoms with Crippen molar-refractivity contribution in [2.75, 3.05) is 13.7 Å². The van der Waals surface area contributed by atoms with Gasteiger partial charge in [0.1, 0.15) is 11.3 Å². The first-order valence-electron chi connectivity index (χ1n) is 6.25. The first kappa shape index (κ1) is 14.6. The van der Waals surface area contributed by atoms with Crippen LogP contribution in [0.1, 0.15) is 10.4 Å². The normalized spacial score (nSPS) is 9.95. The molecule has 5 heteroatoms. The molecular weight excluding hydrogens is 272 g/mol. The molecule has 0 aliphatic rings. The van der Waals surface area contributed by atoms with Crippen LogP contribution in [0.5, 0.6) is 5.75 Å². The van der Waals surface area contributed by atoms with Crippen LogP contribution in [0.15, 0.2) is 48.5 Å². The number of para-hydroxylation sites is 1. The van der Waals surface area contributed by atoms with Gasteiger partial charge in [0.15, 0.2) is 6.61 Å². The quantitative estimate of drug-likeness (QED) is 0.855. The molecule has 2 rings (SSSR count). The lowest BCUT2D eigenvalue weighted by molar-refractivity contribution is -0.142. The Labute approximate surface area is 121 Å². The lowest BCUT2D eigenvalue weighted by atomic mass is 10.0. The number of rotatable bonds is 5. The summed E-state index contributed by atoms with van der Waals surface area (Å²) in [7, 11) is 1.24. The molecule has 0 atom stereocenters. The summed E-state index contributed by atoms with van der Waals surface area (Å²) in [6.07, 6.45) is 0. The maximum absolute atomic E-state index is 11.3. The minimum Gasteiger partial charge on any atom is -0.480 e. The lowest BCUT2D eigenvalue weighted by Gasteiger charge is -2.13. The Hall–Kier alpha value is -2.82. The van der Waals surface area contributed by atoms with Crippen LogP contribution in [0, 0.1) is 0 Å². The zero-order valence-electron chi connectivity index (χ0n) is 11.4. The number of aromatic carboxylic acids is 1. The molecule has 0 heterocycles. The van der Waals surface area contributed by atoms with Crippen molar-refractivity contribution in [3.05, 3.63) is 54.1 Å². The average molecular weight is 286 g/mol. The van der Waals surface area contributed by atoms with Crippen molar-refractivity contribution >= 4 is 11.9 Å². The van der Waals surface area contributed by atoms with Gasteiger partial charge < -0.3 is 14.6 Å². The molecule has 0 aromatic heterocycles. The van der Waals surface area contributed by atoms with Crippen LogP contribution in [0.2, 0.25) is 0 Å². The standard InChI is InChI=1S/C16H14O5/c1-20-14(17)10-21-15-12(11-6-3-2-4-7-11)8-5-9-13(15)16(18)19/h2-9H,10H2,1H3,(H,18,19). The molecule has 108 valence electrons. The molecule has 0 amide bonds. The van der Waals surface area contributed by atoms with Crippen molar-refractivity contribution < 1.29 is 24.2 Å². The summed E-state index contributed by atoms with van der Waals surface area (Å²) in [6.45, 7) is -0.347. The second kappa shape index (κ2) is 6.56.